The Hall–Kier alpha value is -0.980. The Morgan fingerprint density at radius 1 is 1.41 bits per heavy atom. The molecule has 0 atom stereocenters. The van der Waals surface area contributed by atoms with Crippen LogP contribution in [0.25, 0.3) is 0 Å². The van der Waals surface area contributed by atoms with Crippen LogP contribution in [-0.4, -0.2) is 10.2 Å². The first-order chi connectivity index (χ1) is 8.19. The summed E-state index contributed by atoms with van der Waals surface area (Å²) in [7, 11) is 0. The van der Waals surface area contributed by atoms with Gasteiger partial charge in [-0.25, -0.2) is 4.39 Å². The Morgan fingerprint density at radius 3 is 2.88 bits per heavy atom. The van der Waals surface area contributed by atoms with Crippen LogP contribution in [0.2, 0.25) is 0 Å². The predicted molar refractivity (Wildman–Crippen MR) is 68.5 cm³/mol. The monoisotopic (exact) mass is 269 g/mol. The third-order valence-corrected chi connectivity index (χ3v) is 4.23. The maximum Gasteiger partial charge on any atom is 0.174 e. The normalized spacial score (nSPS) is 10.8. The molecule has 6 heteroatoms. The molecule has 0 aliphatic heterocycles. The predicted octanol–water partition coefficient (Wildman–Crippen LogP) is 2.74. The van der Waals surface area contributed by atoms with E-state index in [1.54, 1.807) is 12.1 Å². The van der Waals surface area contributed by atoms with Gasteiger partial charge in [0, 0.05) is 12.3 Å². The number of hydrogen-bond acceptors (Lipinski definition) is 5. The molecular formula is C11H12FN3S2. The van der Waals surface area contributed by atoms with Gasteiger partial charge < -0.3 is 5.73 Å². The van der Waals surface area contributed by atoms with Gasteiger partial charge in [0.25, 0.3) is 0 Å². The number of aryl methyl sites for hydroxylation is 1. The molecular weight excluding hydrogens is 257 g/mol. The first-order valence-corrected chi connectivity index (χ1v) is 6.89. The fourth-order valence-corrected chi connectivity index (χ4v) is 3.13. The Bertz CT molecular complexity index is 513. The van der Waals surface area contributed by atoms with Crippen molar-refractivity contribution in [3.05, 3.63) is 40.2 Å². The van der Waals surface area contributed by atoms with Crippen LogP contribution in [0.1, 0.15) is 16.1 Å². The summed E-state index contributed by atoms with van der Waals surface area (Å²) in [6.45, 7) is 2.33. The molecule has 1 heterocycles. The quantitative estimate of drug-likeness (QED) is 0.867. The number of nitrogens with zero attached hydrogens (tertiary/aromatic N) is 2. The van der Waals surface area contributed by atoms with Crippen LogP contribution in [0, 0.1) is 12.7 Å². The molecule has 3 nitrogen and oxygen atoms in total. The summed E-state index contributed by atoms with van der Waals surface area (Å²) in [6.07, 6.45) is 0. The molecule has 1 aromatic heterocycles. The summed E-state index contributed by atoms with van der Waals surface area (Å²) in [5, 5.41) is 8.83. The average molecular weight is 269 g/mol. The zero-order valence-electron chi connectivity index (χ0n) is 9.31. The second kappa shape index (κ2) is 5.57. The van der Waals surface area contributed by atoms with E-state index in [1.807, 2.05) is 6.92 Å². The summed E-state index contributed by atoms with van der Waals surface area (Å²) in [5.74, 6) is 0.352. The van der Waals surface area contributed by atoms with E-state index in [2.05, 4.69) is 10.2 Å². The molecule has 0 saturated carbocycles. The molecule has 0 aliphatic carbocycles. The summed E-state index contributed by atoms with van der Waals surface area (Å²) in [5.41, 5.74) is 7.13. The van der Waals surface area contributed by atoms with Crippen molar-refractivity contribution < 1.29 is 4.39 Å². The second-order valence-electron chi connectivity index (χ2n) is 3.51. The molecule has 0 unspecified atom stereocenters. The van der Waals surface area contributed by atoms with Crippen molar-refractivity contribution in [2.24, 2.45) is 5.73 Å². The number of benzene rings is 1. The van der Waals surface area contributed by atoms with Crippen molar-refractivity contribution in [2.75, 3.05) is 0 Å². The maximum absolute atomic E-state index is 13.5. The number of nitrogens with two attached hydrogens (primary N) is 1. The Morgan fingerprint density at radius 2 is 2.24 bits per heavy atom. The van der Waals surface area contributed by atoms with Crippen LogP contribution in [-0.2, 0) is 12.3 Å². The van der Waals surface area contributed by atoms with Crippen molar-refractivity contribution in [2.45, 2.75) is 23.6 Å². The van der Waals surface area contributed by atoms with Crippen LogP contribution in [0.4, 0.5) is 4.39 Å². The van der Waals surface area contributed by atoms with Crippen LogP contribution in [0.5, 0.6) is 0 Å². The molecule has 2 N–H and O–H groups in total. The zero-order chi connectivity index (χ0) is 12.3. The number of thioether (sulfide) groups is 1. The molecule has 0 aliphatic rings. The molecule has 0 amide bonds. The van der Waals surface area contributed by atoms with E-state index < -0.39 is 0 Å². The molecule has 2 rings (SSSR count). The van der Waals surface area contributed by atoms with Crippen LogP contribution < -0.4 is 5.73 Å². The van der Waals surface area contributed by atoms with E-state index in [1.165, 1.54) is 29.2 Å². The molecule has 0 saturated heterocycles. The maximum atomic E-state index is 13.5. The summed E-state index contributed by atoms with van der Waals surface area (Å²) >= 11 is 3.01. The smallest absolute Gasteiger partial charge is 0.174 e. The third kappa shape index (κ3) is 3.24. The van der Waals surface area contributed by atoms with Gasteiger partial charge >= 0.3 is 0 Å². The van der Waals surface area contributed by atoms with Crippen LogP contribution in [0.15, 0.2) is 22.5 Å². The van der Waals surface area contributed by atoms with Crippen molar-refractivity contribution >= 4 is 23.1 Å². The van der Waals surface area contributed by atoms with Crippen LogP contribution in [0.3, 0.4) is 0 Å². The van der Waals surface area contributed by atoms with Crippen molar-refractivity contribution in [3.63, 3.8) is 0 Å². The number of hydrogen-bond donors (Lipinski definition) is 1. The van der Waals surface area contributed by atoms with Crippen molar-refractivity contribution in [1.29, 1.82) is 0 Å². The highest BCUT2D eigenvalue weighted by Gasteiger charge is 2.06. The molecule has 0 bridgehead atoms. The minimum Gasteiger partial charge on any atom is -0.326 e. The zero-order valence-corrected chi connectivity index (χ0v) is 10.9. The first-order valence-electron chi connectivity index (χ1n) is 5.09. The van der Waals surface area contributed by atoms with Gasteiger partial charge in [-0.2, -0.15) is 0 Å². The summed E-state index contributed by atoms with van der Waals surface area (Å²) in [6, 6.07) is 4.97. The minimum atomic E-state index is -0.198. The van der Waals surface area contributed by atoms with Gasteiger partial charge in [-0.3, -0.25) is 0 Å². The Labute approximate surface area is 107 Å². The first kappa shape index (κ1) is 12.5. The fourth-order valence-electron chi connectivity index (χ4n) is 1.34. The Kier molecular flexibility index (Phi) is 4.09. The van der Waals surface area contributed by atoms with Gasteiger partial charge in [0.1, 0.15) is 10.8 Å². The Balaban J connectivity index is 2.07. The van der Waals surface area contributed by atoms with Gasteiger partial charge in [-0.15, -0.1) is 10.2 Å². The molecule has 2 aromatic rings. The summed E-state index contributed by atoms with van der Waals surface area (Å²) in [4.78, 5) is 0. The average Bonchev–Trinajstić information content (AvgIpc) is 2.74. The van der Waals surface area contributed by atoms with Gasteiger partial charge in [0.05, 0.1) is 0 Å². The molecule has 0 radical (unpaired) electrons. The van der Waals surface area contributed by atoms with E-state index >= 15 is 0 Å². The van der Waals surface area contributed by atoms with E-state index in [0.29, 0.717) is 17.9 Å². The van der Waals surface area contributed by atoms with Gasteiger partial charge in [0.2, 0.25) is 0 Å². The lowest BCUT2D eigenvalue weighted by molar-refractivity contribution is 0.616. The highest BCUT2D eigenvalue weighted by atomic mass is 32.2. The van der Waals surface area contributed by atoms with E-state index in [-0.39, 0.29) is 5.82 Å². The second-order valence-corrected chi connectivity index (χ2v) is 5.91. The van der Waals surface area contributed by atoms with Crippen molar-refractivity contribution in [3.8, 4) is 0 Å². The molecule has 17 heavy (non-hydrogen) atoms. The minimum absolute atomic E-state index is 0.198. The van der Waals surface area contributed by atoms with E-state index in [4.69, 9.17) is 5.73 Å². The SMILES string of the molecule is Cc1nnc(SCc2cc(CN)ccc2F)s1. The van der Waals surface area contributed by atoms with E-state index in [9.17, 15) is 4.39 Å². The highest BCUT2D eigenvalue weighted by Crippen LogP contribution is 2.26. The topological polar surface area (TPSA) is 51.8 Å². The van der Waals surface area contributed by atoms with Crippen LogP contribution >= 0.6 is 23.1 Å². The van der Waals surface area contributed by atoms with Gasteiger partial charge in [-0.05, 0) is 24.1 Å². The highest BCUT2D eigenvalue weighted by molar-refractivity contribution is 8.00. The van der Waals surface area contributed by atoms with Crippen molar-refractivity contribution in [1.82, 2.24) is 10.2 Å². The largest absolute Gasteiger partial charge is 0.326 e. The van der Waals surface area contributed by atoms with Gasteiger partial charge in [0.15, 0.2) is 4.34 Å². The lowest BCUT2D eigenvalue weighted by Crippen LogP contribution is -1.98. The van der Waals surface area contributed by atoms with Gasteiger partial charge in [-0.1, -0.05) is 35.2 Å². The number of halogens is 1. The molecule has 0 fully saturated rings. The lowest BCUT2D eigenvalue weighted by Gasteiger charge is -2.03. The molecule has 90 valence electrons. The number of aromatic nitrogens is 2. The summed E-state index contributed by atoms with van der Waals surface area (Å²) < 4.78 is 14.4. The molecule has 0 spiro atoms. The molecule has 1 aromatic carbocycles. The number of rotatable bonds is 4. The van der Waals surface area contributed by atoms with E-state index in [0.717, 1.165) is 14.9 Å². The fraction of sp³-hybridized carbons (Fsp3) is 0.273. The third-order valence-electron chi connectivity index (χ3n) is 2.20. The lowest BCUT2D eigenvalue weighted by atomic mass is 10.1. The standard InChI is InChI=1S/C11H12FN3S2/c1-7-14-15-11(17-7)16-6-9-4-8(5-13)2-3-10(9)12/h2-4H,5-6,13H2,1H3.